The summed E-state index contributed by atoms with van der Waals surface area (Å²) >= 11 is 0. The maximum Gasteiger partial charge on any atom is 0.231 e. The molecule has 1 aliphatic carbocycles. The van der Waals surface area contributed by atoms with Crippen LogP contribution in [0.3, 0.4) is 0 Å². The van der Waals surface area contributed by atoms with Gasteiger partial charge in [-0.15, -0.1) is 0 Å². The van der Waals surface area contributed by atoms with Crippen LogP contribution < -0.4 is 5.73 Å². The number of aromatic nitrogens is 4. The number of carbonyl (C=O) groups excluding carboxylic acids is 1. The van der Waals surface area contributed by atoms with Crippen molar-refractivity contribution in [3.8, 4) is 28.3 Å². The molecule has 0 atom stereocenters. The average molecular weight is 585 g/mol. The summed E-state index contributed by atoms with van der Waals surface area (Å²) in [6, 6.07) is 26.2. The van der Waals surface area contributed by atoms with E-state index >= 15 is 0 Å². The summed E-state index contributed by atoms with van der Waals surface area (Å²) in [5.41, 5.74) is 13.8. The van der Waals surface area contributed by atoms with Crippen LogP contribution in [0.2, 0.25) is 0 Å². The minimum atomic E-state index is -0.101. The normalized spacial score (nSPS) is 15.6. The Morgan fingerprint density at radius 2 is 1.73 bits per heavy atom. The van der Waals surface area contributed by atoms with Gasteiger partial charge < -0.3 is 20.1 Å². The van der Waals surface area contributed by atoms with Gasteiger partial charge in [-0.05, 0) is 54.8 Å². The fraction of sp³-hybridized carbons (Fsp3) is 0.200. The summed E-state index contributed by atoms with van der Waals surface area (Å²) < 4.78 is 13.6. The van der Waals surface area contributed by atoms with Crippen molar-refractivity contribution in [2.24, 2.45) is 0 Å². The third-order valence-corrected chi connectivity index (χ3v) is 8.28. The maximum absolute atomic E-state index is 12.0. The number of hydrogen-bond donors (Lipinski definition) is 1. The van der Waals surface area contributed by atoms with Crippen LogP contribution in [-0.2, 0) is 20.9 Å². The highest BCUT2D eigenvalue weighted by Gasteiger charge is 2.38. The van der Waals surface area contributed by atoms with E-state index < -0.39 is 0 Å². The van der Waals surface area contributed by atoms with E-state index in [9.17, 15) is 4.79 Å². The fourth-order valence-corrected chi connectivity index (χ4v) is 5.91. The number of benzene rings is 2. The van der Waals surface area contributed by atoms with E-state index in [1.54, 1.807) is 6.20 Å². The molecule has 0 spiro atoms. The van der Waals surface area contributed by atoms with Crippen molar-refractivity contribution >= 4 is 22.8 Å². The van der Waals surface area contributed by atoms with Crippen molar-refractivity contribution in [2.75, 3.05) is 25.9 Å². The molecule has 7 rings (SSSR count). The number of nitrogens with two attached hydrogens (primary N) is 1. The molecule has 1 saturated heterocycles. The molecule has 1 aliphatic heterocycles. The Morgan fingerprint density at radius 1 is 0.955 bits per heavy atom. The molecule has 1 fully saturated rings. The standard InChI is InChI=1S/C35H32N6O3/c1-22-30(32(43-2)31(22)42)40-19-16-26(17-20-40)44-21-23-10-12-25(13-11-23)41-34(27-9-6-18-37-33(27)36)39-29-15-14-28(38-35(29)41)24-7-4-3-5-8-24/h3-15,18,26H,1,16-17,19-21H2,2H3,(H2,36,37). The second-order valence-corrected chi connectivity index (χ2v) is 11.0. The molecular weight excluding hydrogens is 552 g/mol. The predicted molar refractivity (Wildman–Crippen MR) is 170 cm³/mol. The number of allylic oxidation sites excluding steroid dienone is 2. The van der Waals surface area contributed by atoms with Gasteiger partial charge in [-0.1, -0.05) is 49.0 Å². The first kappa shape index (κ1) is 27.5. The molecule has 0 amide bonds. The first-order valence-electron chi connectivity index (χ1n) is 14.7. The van der Waals surface area contributed by atoms with Crippen LogP contribution in [0, 0.1) is 0 Å². The number of rotatable bonds is 8. The Bertz CT molecular complexity index is 1900. The van der Waals surface area contributed by atoms with Crippen molar-refractivity contribution in [3.05, 3.63) is 114 Å². The minimum Gasteiger partial charge on any atom is -0.491 e. The summed E-state index contributed by atoms with van der Waals surface area (Å²) in [5.74, 6) is 1.41. The molecule has 9 heteroatoms. The lowest BCUT2D eigenvalue weighted by molar-refractivity contribution is -0.117. The lowest BCUT2D eigenvalue weighted by atomic mass is 9.92. The van der Waals surface area contributed by atoms with Crippen molar-refractivity contribution < 1.29 is 14.3 Å². The van der Waals surface area contributed by atoms with Gasteiger partial charge in [-0.2, -0.15) is 0 Å². The van der Waals surface area contributed by atoms with E-state index in [2.05, 4.69) is 40.7 Å². The van der Waals surface area contributed by atoms with E-state index in [0.717, 1.165) is 70.9 Å². The smallest absolute Gasteiger partial charge is 0.231 e. The number of imidazole rings is 1. The van der Waals surface area contributed by atoms with E-state index in [1.165, 1.54) is 7.11 Å². The highest BCUT2D eigenvalue weighted by Crippen LogP contribution is 2.35. The highest BCUT2D eigenvalue weighted by atomic mass is 16.5. The highest BCUT2D eigenvalue weighted by molar-refractivity contribution is 6.17. The largest absolute Gasteiger partial charge is 0.491 e. The molecule has 2 aliphatic rings. The Hall–Kier alpha value is -5.28. The zero-order valence-electron chi connectivity index (χ0n) is 24.4. The summed E-state index contributed by atoms with van der Waals surface area (Å²) in [5, 5.41) is 0. The third-order valence-electron chi connectivity index (χ3n) is 8.28. The SMILES string of the molecule is C=C1C(=O)C(OC)=C1N1CCC(OCc2ccc(-n3c(-c4cccnc4N)nc4ccc(-c5ccccc5)nc43)cc2)CC1. The number of pyridine rings is 2. The van der Waals surface area contributed by atoms with Crippen LogP contribution in [0.5, 0.6) is 0 Å². The molecule has 4 heterocycles. The van der Waals surface area contributed by atoms with E-state index in [0.29, 0.717) is 29.6 Å². The van der Waals surface area contributed by atoms with E-state index in [-0.39, 0.29) is 11.9 Å². The number of Topliss-reactive ketones (excluding diaryl/α,β-unsaturated/α-hetero) is 1. The number of piperidine rings is 1. The number of ether oxygens (including phenoxy) is 2. The Balaban J connectivity index is 1.12. The molecule has 3 aromatic heterocycles. The van der Waals surface area contributed by atoms with Crippen LogP contribution in [0.4, 0.5) is 5.82 Å². The molecule has 220 valence electrons. The second kappa shape index (κ2) is 11.4. The zero-order chi connectivity index (χ0) is 30.2. The molecule has 5 aromatic rings. The monoisotopic (exact) mass is 584 g/mol. The van der Waals surface area contributed by atoms with Crippen molar-refractivity contribution in [1.82, 2.24) is 24.4 Å². The predicted octanol–water partition coefficient (Wildman–Crippen LogP) is 5.71. The molecule has 0 bridgehead atoms. The molecule has 0 saturated carbocycles. The molecule has 2 aromatic carbocycles. The molecular formula is C35H32N6O3. The number of methoxy groups -OCH3 is 1. The number of ketones is 1. The lowest BCUT2D eigenvalue weighted by Gasteiger charge is -2.39. The molecule has 0 unspecified atom stereocenters. The van der Waals surface area contributed by atoms with Crippen LogP contribution >= 0.6 is 0 Å². The van der Waals surface area contributed by atoms with Gasteiger partial charge in [0.15, 0.2) is 17.2 Å². The second-order valence-electron chi connectivity index (χ2n) is 11.0. The summed E-state index contributed by atoms with van der Waals surface area (Å²) in [7, 11) is 1.53. The minimum absolute atomic E-state index is 0.101. The lowest BCUT2D eigenvalue weighted by Crippen LogP contribution is -2.42. The number of nitrogens with zero attached hydrogens (tertiary/aromatic N) is 5. The van der Waals surface area contributed by atoms with Crippen molar-refractivity contribution in [1.29, 1.82) is 0 Å². The quantitative estimate of drug-likeness (QED) is 0.231. The van der Waals surface area contributed by atoms with E-state index in [1.807, 2.05) is 59.2 Å². The first-order valence-corrected chi connectivity index (χ1v) is 14.7. The van der Waals surface area contributed by atoms with Gasteiger partial charge in [-0.3, -0.25) is 9.36 Å². The fourth-order valence-electron chi connectivity index (χ4n) is 5.91. The molecule has 9 nitrogen and oxygen atoms in total. The Kier molecular flexibility index (Phi) is 7.15. The summed E-state index contributed by atoms with van der Waals surface area (Å²) in [6.45, 7) is 6.00. The van der Waals surface area contributed by atoms with Gasteiger partial charge in [0.05, 0.1) is 36.8 Å². The van der Waals surface area contributed by atoms with Gasteiger partial charge in [0.1, 0.15) is 11.3 Å². The third kappa shape index (κ3) is 4.91. The average Bonchev–Trinajstić information content (AvgIpc) is 3.45. The topological polar surface area (TPSA) is 108 Å². The summed E-state index contributed by atoms with van der Waals surface area (Å²) in [6.07, 6.45) is 3.55. The number of fused-ring (bicyclic) bond motifs is 1. The number of likely N-dealkylation sites (tertiary alicyclic amines) is 1. The Labute approximate surface area is 255 Å². The molecule has 2 N–H and O–H groups in total. The number of hydrogen-bond acceptors (Lipinski definition) is 8. The van der Waals surface area contributed by atoms with Gasteiger partial charge in [0.2, 0.25) is 5.78 Å². The Morgan fingerprint density at radius 3 is 2.45 bits per heavy atom. The van der Waals surface area contributed by atoms with Gasteiger partial charge in [0, 0.05) is 36.1 Å². The molecule has 0 radical (unpaired) electrons. The van der Waals surface area contributed by atoms with Crippen LogP contribution in [0.15, 0.2) is 109 Å². The van der Waals surface area contributed by atoms with E-state index in [4.69, 9.17) is 25.2 Å². The number of nitrogen functional groups attached to an aromatic ring is 1. The zero-order valence-corrected chi connectivity index (χ0v) is 24.4. The van der Waals surface area contributed by atoms with Gasteiger partial charge in [0.25, 0.3) is 0 Å². The first-order chi connectivity index (χ1) is 21.5. The molecule has 44 heavy (non-hydrogen) atoms. The van der Waals surface area contributed by atoms with Crippen LogP contribution in [0.25, 0.3) is 39.5 Å². The van der Waals surface area contributed by atoms with Gasteiger partial charge in [-0.25, -0.2) is 15.0 Å². The summed E-state index contributed by atoms with van der Waals surface area (Å²) in [4.78, 5) is 28.4. The number of carbonyl (C=O) groups is 1. The van der Waals surface area contributed by atoms with Crippen LogP contribution in [-0.4, -0.2) is 56.5 Å². The van der Waals surface area contributed by atoms with Crippen molar-refractivity contribution in [2.45, 2.75) is 25.6 Å². The van der Waals surface area contributed by atoms with Crippen LogP contribution in [0.1, 0.15) is 18.4 Å². The maximum atomic E-state index is 12.0. The number of anilines is 1. The van der Waals surface area contributed by atoms with Crippen molar-refractivity contribution in [3.63, 3.8) is 0 Å². The van der Waals surface area contributed by atoms with Gasteiger partial charge >= 0.3 is 0 Å².